The lowest BCUT2D eigenvalue weighted by molar-refractivity contribution is 0.253. The minimum absolute atomic E-state index is 0.106. The van der Waals surface area contributed by atoms with Gasteiger partial charge in [-0.15, -0.1) is 0 Å². The van der Waals surface area contributed by atoms with Gasteiger partial charge in [0.1, 0.15) is 18.1 Å². The Labute approximate surface area is 107 Å². The van der Waals surface area contributed by atoms with Crippen molar-refractivity contribution in [2.75, 3.05) is 0 Å². The standard InChI is InChI=1S/C15H17NO2/c1-11-5-3-4-6-13(11)10-18-15-8-7-12(2)16-14(15)9-17/h3-8,17H,9-10H2,1-2H3. The molecule has 0 aliphatic heterocycles. The molecule has 0 saturated heterocycles. The summed E-state index contributed by atoms with van der Waals surface area (Å²) in [6.07, 6.45) is 0. The Morgan fingerprint density at radius 3 is 2.61 bits per heavy atom. The Morgan fingerprint density at radius 1 is 1.11 bits per heavy atom. The average Bonchev–Trinajstić information content (AvgIpc) is 2.39. The summed E-state index contributed by atoms with van der Waals surface area (Å²) in [5.74, 6) is 0.645. The van der Waals surface area contributed by atoms with Crippen LogP contribution in [0.5, 0.6) is 5.75 Å². The number of nitrogens with zero attached hydrogens (tertiary/aromatic N) is 1. The first kappa shape index (κ1) is 12.6. The Hall–Kier alpha value is -1.87. The molecule has 0 spiro atoms. The number of aryl methyl sites for hydroxylation is 2. The molecule has 1 aromatic carbocycles. The maximum absolute atomic E-state index is 9.25. The molecular formula is C15H17NO2. The minimum Gasteiger partial charge on any atom is -0.487 e. The molecular weight excluding hydrogens is 226 g/mol. The fourth-order valence-electron chi connectivity index (χ4n) is 1.77. The first-order chi connectivity index (χ1) is 8.70. The van der Waals surface area contributed by atoms with Crippen LogP contribution in [0.4, 0.5) is 0 Å². The third kappa shape index (κ3) is 2.87. The molecule has 0 unspecified atom stereocenters. The third-order valence-corrected chi connectivity index (χ3v) is 2.87. The second-order valence-electron chi connectivity index (χ2n) is 4.27. The van der Waals surface area contributed by atoms with Crippen LogP contribution in [-0.2, 0) is 13.2 Å². The first-order valence-corrected chi connectivity index (χ1v) is 5.95. The van der Waals surface area contributed by atoms with Crippen LogP contribution in [-0.4, -0.2) is 10.1 Å². The van der Waals surface area contributed by atoms with Crippen molar-refractivity contribution < 1.29 is 9.84 Å². The lowest BCUT2D eigenvalue weighted by Crippen LogP contribution is -2.02. The van der Waals surface area contributed by atoms with Gasteiger partial charge in [0.25, 0.3) is 0 Å². The summed E-state index contributed by atoms with van der Waals surface area (Å²) in [5.41, 5.74) is 3.80. The smallest absolute Gasteiger partial charge is 0.143 e. The SMILES string of the molecule is Cc1ccc(OCc2ccccc2C)c(CO)n1. The molecule has 3 heteroatoms. The van der Waals surface area contributed by atoms with Crippen LogP contribution >= 0.6 is 0 Å². The van der Waals surface area contributed by atoms with E-state index in [1.165, 1.54) is 5.56 Å². The minimum atomic E-state index is -0.106. The van der Waals surface area contributed by atoms with Crippen LogP contribution in [0.25, 0.3) is 0 Å². The number of aliphatic hydroxyl groups excluding tert-OH is 1. The molecule has 0 aliphatic carbocycles. The lowest BCUT2D eigenvalue weighted by atomic mass is 10.1. The van der Waals surface area contributed by atoms with Crippen molar-refractivity contribution in [2.24, 2.45) is 0 Å². The Balaban J connectivity index is 2.13. The van der Waals surface area contributed by atoms with Gasteiger partial charge >= 0.3 is 0 Å². The molecule has 0 saturated carbocycles. The highest BCUT2D eigenvalue weighted by molar-refractivity contribution is 5.30. The van der Waals surface area contributed by atoms with E-state index < -0.39 is 0 Å². The predicted octanol–water partition coefficient (Wildman–Crippen LogP) is 2.77. The number of benzene rings is 1. The van der Waals surface area contributed by atoms with Crippen molar-refractivity contribution in [3.05, 3.63) is 58.9 Å². The van der Waals surface area contributed by atoms with Crippen molar-refractivity contribution in [3.63, 3.8) is 0 Å². The van der Waals surface area contributed by atoms with E-state index in [1.54, 1.807) is 0 Å². The number of aliphatic hydroxyl groups is 1. The van der Waals surface area contributed by atoms with Crippen LogP contribution < -0.4 is 4.74 Å². The van der Waals surface area contributed by atoms with Gasteiger partial charge in [0.2, 0.25) is 0 Å². The van der Waals surface area contributed by atoms with Gasteiger partial charge in [-0.1, -0.05) is 24.3 Å². The lowest BCUT2D eigenvalue weighted by Gasteiger charge is -2.11. The van der Waals surface area contributed by atoms with Gasteiger partial charge < -0.3 is 9.84 Å². The molecule has 18 heavy (non-hydrogen) atoms. The Kier molecular flexibility index (Phi) is 3.95. The van der Waals surface area contributed by atoms with Gasteiger partial charge in [0.05, 0.1) is 6.61 Å². The van der Waals surface area contributed by atoms with E-state index in [0.29, 0.717) is 18.1 Å². The van der Waals surface area contributed by atoms with Crippen molar-refractivity contribution in [3.8, 4) is 5.75 Å². The molecule has 2 rings (SSSR count). The zero-order valence-corrected chi connectivity index (χ0v) is 10.7. The summed E-state index contributed by atoms with van der Waals surface area (Å²) in [6, 6.07) is 11.8. The van der Waals surface area contributed by atoms with E-state index in [1.807, 2.05) is 37.3 Å². The number of hydrogen-bond donors (Lipinski definition) is 1. The number of ether oxygens (including phenoxy) is 1. The Morgan fingerprint density at radius 2 is 1.89 bits per heavy atom. The number of pyridine rings is 1. The topological polar surface area (TPSA) is 42.4 Å². The van der Waals surface area contributed by atoms with E-state index in [9.17, 15) is 5.11 Å². The fraction of sp³-hybridized carbons (Fsp3) is 0.267. The predicted molar refractivity (Wildman–Crippen MR) is 70.4 cm³/mol. The molecule has 0 atom stereocenters. The normalized spacial score (nSPS) is 10.4. The second kappa shape index (κ2) is 5.65. The number of aromatic nitrogens is 1. The van der Waals surface area contributed by atoms with Crippen molar-refractivity contribution in [2.45, 2.75) is 27.1 Å². The van der Waals surface area contributed by atoms with Gasteiger partial charge in [-0.3, -0.25) is 4.98 Å². The fourth-order valence-corrected chi connectivity index (χ4v) is 1.77. The van der Waals surface area contributed by atoms with E-state index >= 15 is 0 Å². The molecule has 94 valence electrons. The Bertz CT molecular complexity index is 538. The maximum Gasteiger partial charge on any atom is 0.143 e. The molecule has 0 radical (unpaired) electrons. The molecule has 0 aliphatic rings. The molecule has 1 heterocycles. The van der Waals surface area contributed by atoms with Crippen molar-refractivity contribution in [1.82, 2.24) is 4.98 Å². The van der Waals surface area contributed by atoms with E-state index in [-0.39, 0.29) is 6.61 Å². The molecule has 2 aromatic rings. The van der Waals surface area contributed by atoms with E-state index in [4.69, 9.17) is 4.74 Å². The average molecular weight is 243 g/mol. The van der Waals surface area contributed by atoms with Crippen LogP contribution in [0.15, 0.2) is 36.4 Å². The van der Waals surface area contributed by atoms with Gasteiger partial charge in [0, 0.05) is 5.69 Å². The first-order valence-electron chi connectivity index (χ1n) is 5.95. The second-order valence-corrected chi connectivity index (χ2v) is 4.27. The summed E-state index contributed by atoms with van der Waals surface area (Å²) in [6.45, 7) is 4.33. The zero-order valence-electron chi connectivity index (χ0n) is 10.7. The van der Waals surface area contributed by atoms with Gasteiger partial charge in [-0.05, 0) is 37.1 Å². The molecule has 3 nitrogen and oxygen atoms in total. The summed E-state index contributed by atoms with van der Waals surface area (Å²) in [4.78, 5) is 4.25. The molecule has 0 bridgehead atoms. The summed E-state index contributed by atoms with van der Waals surface area (Å²) in [7, 11) is 0. The summed E-state index contributed by atoms with van der Waals surface area (Å²) in [5, 5.41) is 9.25. The van der Waals surface area contributed by atoms with Crippen molar-refractivity contribution >= 4 is 0 Å². The van der Waals surface area contributed by atoms with Crippen LogP contribution in [0.1, 0.15) is 22.5 Å². The molecule has 0 amide bonds. The number of hydrogen-bond acceptors (Lipinski definition) is 3. The van der Waals surface area contributed by atoms with Crippen LogP contribution in [0.2, 0.25) is 0 Å². The van der Waals surface area contributed by atoms with Gasteiger partial charge in [0.15, 0.2) is 0 Å². The van der Waals surface area contributed by atoms with Crippen molar-refractivity contribution in [1.29, 1.82) is 0 Å². The van der Waals surface area contributed by atoms with E-state index in [2.05, 4.69) is 18.0 Å². The van der Waals surface area contributed by atoms with Gasteiger partial charge in [-0.2, -0.15) is 0 Å². The summed E-state index contributed by atoms with van der Waals surface area (Å²) < 4.78 is 5.73. The molecule has 1 aromatic heterocycles. The maximum atomic E-state index is 9.25. The van der Waals surface area contributed by atoms with Crippen LogP contribution in [0.3, 0.4) is 0 Å². The molecule has 0 fully saturated rings. The highest BCUT2D eigenvalue weighted by Gasteiger charge is 2.06. The summed E-state index contributed by atoms with van der Waals surface area (Å²) >= 11 is 0. The highest BCUT2D eigenvalue weighted by Crippen LogP contribution is 2.19. The third-order valence-electron chi connectivity index (χ3n) is 2.87. The highest BCUT2D eigenvalue weighted by atomic mass is 16.5. The monoisotopic (exact) mass is 243 g/mol. The number of rotatable bonds is 4. The largest absolute Gasteiger partial charge is 0.487 e. The van der Waals surface area contributed by atoms with Crippen LogP contribution in [0, 0.1) is 13.8 Å². The zero-order chi connectivity index (χ0) is 13.0. The molecule has 1 N–H and O–H groups in total. The van der Waals surface area contributed by atoms with Gasteiger partial charge in [-0.25, -0.2) is 0 Å². The van der Waals surface area contributed by atoms with E-state index in [0.717, 1.165) is 11.3 Å². The quantitative estimate of drug-likeness (QED) is 0.897.